The van der Waals surface area contributed by atoms with Gasteiger partial charge >= 0.3 is 0 Å². The molecule has 0 bridgehead atoms. The summed E-state index contributed by atoms with van der Waals surface area (Å²) in [5.41, 5.74) is 2.55. The molecule has 2 aromatic rings. The summed E-state index contributed by atoms with van der Waals surface area (Å²) >= 11 is 0. The highest BCUT2D eigenvalue weighted by atomic mass is 16.5. The lowest BCUT2D eigenvalue weighted by atomic mass is 9.57. The van der Waals surface area contributed by atoms with E-state index in [1.54, 1.807) is 19.2 Å². The first-order valence-corrected chi connectivity index (χ1v) is 10.3. The lowest BCUT2D eigenvalue weighted by Gasteiger charge is -2.55. The quantitative estimate of drug-likeness (QED) is 0.714. The summed E-state index contributed by atoms with van der Waals surface area (Å²) in [6.45, 7) is 6.47. The molecule has 1 aliphatic carbocycles. The van der Waals surface area contributed by atoms with Gasteiger partial charge in [-0.3, -0.25) is 0 Å². The molecule has 2 aromatic carbocycles. The normalized spacial score (nSPS) is 27.8. The van der Waals surface area contributed by atoms with Crippen LogP contribution in [0.4, 0.5) is 0 Å². The molecule has 154 valence electrons. The first-order valence-electron chi connectivity index (χ1n) is 10.3. The Labute approximate surface area is 172 Å². The molecule has 2 aliphatic rings. The van der Waals surface area contributed by atoms with E-state index in [4.69, 9.17) is 9.47 Å². The number of ether oxygens (including phenoxy) is 2. The van der Waals surface area contributed by atoms with Gasteiger partial charge < -0.3 is 19.7 Å². The Hall–Kier alpha value is -2.46. The van der Waals surface area contributed by atoms with Crippen molar-refractivity contribution >= 4 is 12.2 Å². The molecular weight excluding hydrogens is 364 g/mol. The molecule has 4 rings (SSSR count). The smallest absolute Gasteiger partial charge is 0.165 e. The van der Waals surface area contributed by atoms with E-state index in [0.717, 1.165) is 47.5 Å². The van der Waals surface area contributed by atoms with E-state index in [1.165, 1.54) is 0 Å². The average molecular weight is 395 g/mol. The zero-order valence-electron chi connectivity index (χ0n) is 17.6. The number of benzene rings is 2. The summed E-state index contributed by atoms with van der Waals surface area (Å²) in [4.78, 5) is 0. The summed E-state index contributed by atoms with van der Waals surface area (Å²) in [7, 11) is 1.67. The zero-order chi connectivity index (χ0) is 20.8. The van der Waals surface area contributed by atoms with Gasteiger partial charge in [-0.25, -0.2) is 0 Å². The monoisotopic (exact) mass is 394 g/mol. The van der Waals surface area contributed by atoms with Crippen molar-refractivity contribution in [3.05, 3.63) is 53.1 Å². The van der Waals surface area contributed by atoms with E-state index >= 15 is 0 Å². The lowest BCUT2D eigenvalue weighted by molar-refractivity contribution is -0.138. The van der Waals surface area contributed by atoms with Crippen molar-refractivity contribution in [3.8, 4) is 17.2 Å². The summed E-state index contributed by atoms with van der Waals surface area (Å²) in [5, 5.41) is 20.3. The van der Waals surface area contributed by atoms with Gasteiger partial charge in [-0.1, -0.05) is 38.1 Å². The molecule has 0 spiro atoms. The van der Waals surface area contributed by atoms with Crippen LogP contribution in [0.2, 0.25) is 0 Å². The first-order chi connectivity index (χ1) is 13.7. The molecule has 3 unspecified atom stereocenters. The molecule has 29 heavy (non-hydrogen) atoms. The molecule has 1 fully saturated rings. The highest BCUT2D eigenvalue weighted by Crippen LogP contribution is 2.54. The van der Waals surface area contributed by atoms with Crippen molar-refractivity contribution in [1.29, 1.82) is 0 Å². The molecule has 1 heterocycles. The van der Waals surface area contributed by atoms with Crippen molar-refractivity contribution in [1.82, 2.24) is 0 Å². The Balaban J connectivity index is 1.71. The van der Waals surface area contributed by atoms with Gasteiger partial charge in [-0.2, -0.15) is 0 Å². The fraction of sp³-hybridized carbons (Fsp3) is 0.440. The van der Waals surface area contributed by atoms with Crippen LogP contribution in [0.15, 0.2) is 36.4 Å². The van der Waals surface area contributed by atoms with Crippen LogP contribution in [0.5, 0.6) is 17.2 Å². The van der Waals surface area contributed by atoms with E-state index < -0.39 is 0 Å². The summed E-state index contributed by atoms with van der Waals surface area (Å²) in [6.07, 6.45) is 6.11. The van der Waals surface area contributed by atoms with Crippen LogP contribution < -0.4 is 9.47 Å². The zero-order valence-corrected chi connectivity index (χ0v) is 17.6. The minimum atomic E-state index is -0.318. The number of rotatable bonds is 3. The second-order valence-electron chi connectivity index (χ2n) is 9.19. The third-order valence-electron chi connectivity index (χ3n) is 6.88. The number of hydrogen-bond donors (Lipinski definition) is 2. The standard InChI is InChI=1S/C25H30O4/c1-24(2)21-15-18-12-17(9-8-16-6-5-7-19(26)13-16)14-20(28-4)23(18)29-25(21,3)11-10-22(24)27/h5-9,12-14,21-22,26-27H,10-11,15H2,1-4H3. The summed E-state index contributed by atoms with van der Waals surface area (Å²) in [5.74, 6) is 2.04. The number of phenolic OH excluding ortho intramolecular Hbond substituents is 1. The Morgan fingerprint density at radius 2 is 1.86 bits per heavy atom. The largest absolute Gasteiger partial charge is 0.508 e. The number of aliphatic hydroxyl groups excluding tert-OH is 1. The van der Waals surface area contributed by atoms with E-state index in [9.17, 15) is 10.2 Å². The highest BCUT2D eigenvalue weighted by Gasteiger charge is 2.54. The molecule has 0 saturated heterocycles. The fourth-order valence-corrected chi connectivity index (χ4v) is 5.06. The third kappa shape index (κ3) is 3.51. The molecule has 2 N–H and O–H groups in total. The first kappa shape index (κ1) is 19.8. The van der Waals surface area contributed by atoms with Gasteiger partial charge in [0.2, 0.25) is 0 Å². The average Bonchev–Trinajstić information content (AvgIpc) is 2.68. The minimum Gasteiger partial charge on any atom is -0.508 e. The van der Waals surface area contributed by atoms with Gasteiger partial charge in [0.1, 0.15) is 11.4 Å². The van der Waals surface area contributed by atoms with Crippen molar-refractivity contribution in [3.63, 3.8) is 0 Å². The maximum atomic E-state index is 10.6. The summed E-state index contributed by atoms with van der Waals surface area (Å²) < 4.78 is 12.2. The van der Waals surface area contributed by atoms with Gasteiger partial charge in [0.15, 0.2) is 11.5 Å². The second-order valence-corrected chi connectivity index (χ2v) is 9.19. The third-order valence-corrected chi connectivity index (χ3v) is 6.88. The lowest BCUT2D eigenvalue weighted by Crippen LogP contribution is -2.58. The van der Waals surface area contributed by atoms with Gasteiger partial charge in [0.25, 0.3) is 0 Å². The van der Waals surface area contributed by atoms with Gasteiger partial charge in [-0.05, 0) is 72.6 Å². The maximum absolute atomic E-state index is 10.6. The minimum absolute atomic E-state index is 0.217. The SMILES string of the molecule is COc1cc(C=Cc2cccc(O)c2)cc2c1OC1(C)CCC(O)C(C)(C)C1C2. The Kier molecular flexibility index (Phi) is 4.86. The van der Waals surface area contributed by atoms with Crippen LogP contribution in [0.1, 0.15) is 50.3 Å². The number of hydrogen-bond acceptors (Lipinski definition) is 4. The Bertz CT molecular complexity index is 946. The maximum Gasteiger partial charge on any atom is 0.165 e. The molecule has 1 saturated carbocycles. The van der Waals surface area contributed by atoms with Crippen LogP contribution in [0.3, 0.4) is 0 Å². The number of methoxy groups -OCH3 is 1. The molecule has 4 nitrogen and oxygen atoms in total. The summed E-state index contributed by atoms with van der Waals surface area (Å²) in [6, 6.07) is 11.3. The fourth-order valence-electron chi connectivity index (χ4n) is 5.06. The van der Waals surface area contributed by atoms with E-state index in [-0.39, 0.29) is 28.8 Å². The predicted molar refractivity (Wildman–Crippen MR) is 115 cm³/mol. The molecule has 4 heteroatoms. The number of aromatic hydroxyl groups is 1. The van der Waals surface area contributed by atoms with Crippen LogP contribution in [0.25, 0.3) is 12.2 Å². The molecule has 0 aromatic heterocycles. The van der Waals surface area contributed by atoms with Crippen LogP contribution >= 0.6 is 0 Å². The number of phenols is 1. The Morgan fingerprint density at radius 3 is 2.59 bits per heavy atom. The van der Waals surface area contributed by atoms with E-state index in [1.807, 2.05) is 30.4 Å². The topological polar surface area (TPSA) is 58.9 Å². The highest BCUT2D eigenvalue weighted by molar-refractivity contribution is 5.72. The van der Waals surface area contributed by atoms with E-state index in [2.05, 4.69) is 26.8 Å². The van der Waals surface area contributed by atoms with E-state index in [0.29, 0.717) is 0 Å². The van der Waals surface area contributed by atoms with Crippen LogP contribution in [-0.4, -0.2) is 29.0 Å². The van der Waals surface area contributed by atoms with Crippen LogP contribution in [0, 0.1) is 11.3 Å². The van der Waals surface area contributed by atoms with Gasteiger partial charge in [-0.15, -0.1) is 0 Å². The molecule has 0 amide bonds. The van der Waals surface area contributed by atoms with Crippen molar-refractivity contribution in [2.45, 2.75) is 51.7 Å². The molecule has 0 radical (unpaired) electrons. The molecule has 3 atom stereocenters. The second kappa shape index (κ2) is 7.10. The molecular formula is C25H30O4. The number of aliphatic hydroxyl groups is 1. The van der Waals surface area contributed by atoms with Gasteiger partial charge in [0.05, 0.1) is 13.2 Å². The molecule has 1 aliphatic heterocycles. The van der Waals surface area contributed by atoms with Crippen LogP contribution in [-0.2, 0) is 6.42 Å². The van der Waals surface area contributed by atoms with Crippen molar-refractivity contribution < 1.29 is 19.7 Å². The Morgan fingerprint density at radius 1 is 1.10 bits per heavy atom. The van der Waals surface area contributed by atoms with Crippen molar-refractivity contribution in [2.75, 3.05) is 7.11 Å². The predicted octanol–water partition coefficient (Wildman–Crippen LogP) is 5.06. The number of fused-ring (bicyclic) bond motifs is 2. The van der Waals surface area contributed by atoms with Crippen molar-refractivity contribution in [2.24, 2.45) is 11.3 Å². The van der Waals surface area contributed by atoms with Gasteiger partial charge in [0, 0.05) is 5.92 Å².